The maximum Gasteiger partial charge on any atom is 0.352 e. The molecule has 33 heavy (non-hydrogen) atoms. The number of hydrogen-bond donors (Lipinski definition) is 1. The first-order valence-electron chi connectivity index (χ1n) is 10.2. The molecule has 2 aliphatic heterocycles. The lowest BCUT2D eigenvalue weighted by Crippen LogP contribution is -2.62. The van der Waals surface area contributed by atoms with E-state index in [1.54, 1.807) is 48.5 Å². The summed E-state index contributed by atoms with van der Waals surface area (Å²) in [6.45, 7) is 0. The number of Topliss-reactive ketones (excluding diaryl/α,β-unsaturated/α-hetero) is 1. The van der Waals surface area contributed by atoms with Crippen LogP contribution in [0.4, 0.5) is 0 Å². The van der Waals surface area contributed by atoms with Crippen molar-refractivity contribution in [3.8, 4) is 0 Å². The number of carboxylic acids is 1. The number of benzene rings is 2. The quantitative estimate of drug-likeness (QED) is 0.539. The van der Waals surface area contributed by atoms with Gasteiger partial charge in [-0.25, -0.2) is 4.79 Å². The fraction of sp³-hybridized carbons (Fsp3) is 0.250. The number of carbonyl (C=O) groups excluding carboxylic acids is 3. The van der Waals surface area contributed by atoms with Crippen molar-refractivity contribution in [1.29, 1.82) is 0 Å². The smallest absolute Gasteiger partial charge is 0.352 e. The molecule has 1 amide bonds. The molecule has 2 aromatic rings. The second kappa shape index (κ2) is 10.2. The predicted molar refractivity (Wildman–Crippen MR) is 129 cm³/mol. The van der Waals surface area contributed by atoms with Crippen LogP contribution >= 0.6 is 35.1 Å². The Morgan fingerprint density at radius 1 is 1.09 bits per heavy atom. The molecule has 4 rings (SSSR count). The number of hydrogen-bond acceptors (Lipinski definition) is 6. The van der Waals surface area contributed by atoms with E-state index in [0.717, 1.165) is 17.3 Å². The molecule has 2 aliphatic rings. The third kappa shape index (κ3) is 5.18. The SMILES string of the molecule is O=C(Cc1ccc(Cl)cc1)C[C@@H]1C(=O)N2C(C(=O)O)=C(CSC(=O)c3ccccc3)CS[C@H]12. The fourth-order valence-electron chi connectivity index (χ4n) is 3.89. The van der Waals surface area contributed by atoms with Crippen molar-refractivity contribution in [2.45, 2.75) is 18.2 Å². The summed E-state index contributed by atoms with van der Waals surface area (Å²) in [6.07, 6.45) is 0.266. The number of carboxylic acid groups (broad SMARTS) is 1. The minimum absolute atomic E-state index is 0.0569. The zero-order chi connectivity index (χ0) is 23.5. The Labute approximate surface area is 204 Å². The highest BCUT2D eigenvalue weighted by molar-refractivity contribution is 8.14. The highest BCUT2D eigenvalue weighted by atomic mass is 35.5. The minimum atomic E-state index is -1.19. The van der Waals surface area contributed by atoms with Crippen LogP contribution in [0, 0.1) is 5.92 Å². The lowest BCUT2D eigenvalue weighted by Gasteiger charge is -2.49. The van der Waals surface area contributed by atoms with Gasteiger partial charge in [-0.15, -0.1) is 11.8 Å². The van der Waals surface area contributed by atoms with Crippen LogP contribution < -0.4 is 0 Å². The third-order valence-corrected chi connectivity index (χ3v) is 8.15. The molecule has 0 aliphatic carbocycles. The topological polar surface area (TPSA) is 91.8 Å². The van der Waals surface area contributed by atoms with Crippen LogP contribution in [-0.4, -0.2) is 49.7 Å². The number of halogens is 1. The molecule has 0 unspecified atom stereocenters. The summed E-state index contributed by atoms with van der Waals surface area (Å²) >= 11 is 8.34. The number of amides is 1. The first-order chi connectivity index (χ1) is 15.8. The highest BCUT2D eigenvalue weighted by Gasteiger charge is 2.53. The van der Waals surface area contributed by atoms with Gasteiger partial charge >= 0.3 is 5.97 Å². The first-order valence-corrected chi connectivity index (χ1v) is 12.6. The van der Waals surface area contributed by atoms with E-state index < -0.39 is 11.9 Å². The van der Waals surface area contributed by atoms with Gasteiger partial charge in [-0.05, 0) is 23.3 Å². The van der Waals surface area contributed by atoms with Crippen molar-refractivity contribution in [2.75, 3.05) is 11.5 Å². The zero-order valence-corrected chi connectivity index (χ0v) is 19.8. The Bertz CT molecular complexity index is 1130. The Morgan fingerprint density at radius 2 is 1.79 bits per heavy atom. The van der Waals surface area contributed by atoms with Crippen LogP contribution in [0.5, 0.6) is 0 Å². The maximum absolute atomic E-state index is 12.8. The lowest BCUT2D eigenvalue weighted by atomic mass is 9.89. The molecule has 0 bridgehead atoms. The van der Waals surface area contributed by atoms with E-state index in [1.807, 2.05) is 6.07 Å². The van der Waals surface area contributed by atoms with Crippen LogP contribution in [0.15, 0.2) is 65.9 Å². The molecule has 2 atom stereocenters. The summed E-state index contributed by atoms with van der Waals surface area (Å²) in [5.41, 5.74) is 1.84. The van der Waals surface area contributed by atoms with E-state index in [2.05, 4.69) is 0 Å². The van der Waals surface area contributed by atoms with Crippen molar-refractivity contribution in [3.05, 3.63) is 82.0 Å². The molecule has 1 N–H and O–H groups in total. The predicted octanol–water partition coefficient (Wildman–Crippen LogP) is 4.29. The maximum atomic E-state index is 12.8. The first kappa shape index (κ1) is 23.6. The van der Waals surface area contributed by atoms with Gasteiger partial charge in [-0.3, -0.25) is 19.3 Å². The van der Waals surface area contributed by atoms with Crippen molar-refractivity contribution in [1.82, 2.24) is 4.90 Å². The molecule has 0 saturated carbocycles. The summed E-state index contributed by atoms with van der Waals surface area (Å²) in [4.78, 5) is 51.0. The van der Waals surface area contributed by atoms with Gasteiger partial charge in [0.05, 0.1) is 11.3 Å². The normalized spacial score (nSPS) is 19.7. The van der Waals surface area contributed by atoms with Gasteiger partial charge in [0, 0.05) is 34.9 Å². The Morgan fingerprint density at radius 3 is 2.45 bits per heavy atom. The Hall–Kier alpha value is -2.55. The van der Waals surface area contributed by atoms with Gasteiger partial charge in [0.15, 0.2) is 0 Å². The van der Waals surface area contributed by atoms with Crippen molar-refractivity contribution >= 4 is 57.9 Å². The number of aliphatic carboxylic acids is 1. The van der Waals surface area contributed by atoms with E-state index in [9.17, 15) is 24.3 Å². The largest absolute Gasteiger partial charge is 0.477 e. The molecule has 9 heteroatoms. The van der Waals surface area contributed by atoms with Gasteiger partial charge < -0.3 is 5.11 Å². The molecule has 1 fully saturated rings. The van der Waals surface area contributed by atoms with Crippen LogP contribution in [0.1, 0.15) is 22.3 Å². The van der Waals surface area contributed by atoms with Gasteiger partial charge in [0.2, 0.25) is 11.0 Å². The molecule has 6 nitrogen and oxygen atoms in total. The molecule has 1 saturated heterocycles. The number of carbonyl (C=O) groups is 4. The summed E-state index contributed by atoms with van der Waals surface area (Å²) in [5, 5.41) is 9.84. The van der Waals surface area contributed by atoms with E-state index in [4.69, 9.17) is 11.6 Å². The number of ketones is 1. The van der Waals surface area contributed by atoms with Crippen LogP contribution in [-0.2, 0) is 20.8 Å². The fourth-order valence-corrected chi connectivity index (χ4v) is 6.40. The molecule has 0 aromatic heterocycles. The summed E-state index contributed by atoms with van der Waals surface area (Å²) in [5.74, 6) is -1.57. The standard InChI is InChI=1S/C24H20ClNO5S2/c25-17-8-6-14(7-9-17)10-18(27)11-19-21(28)26-20(23(29)30)16(12-32-22(19)26)13-33-24(31)15-4-2-1-3-5-15/h1-9,19,22H,10-13H2,(H,29,30)/t19-,22-/m1/s1. The van der Waals surface area contributed by atoms with Crippen LogP contribution in [0.25, 0.3) is 0 Å². The summed E-state index contributed by atoms with van der Waals surface area (Å²) < 4.78 is 0. The second-order valence-electron chi connectivity index (χ2n) is 7.76. The third-order valence-electron chi connectivity index (χ3n) is 5.51. The molecular formula is C24H20ClNO5S2. The van der Waals surface area contributed by atoms with E-state index in [0.29, 0.717) is 21.9 Å². The Kier molecular flexibility index (Phi) is 7.26. The van der Waals surface area contributed by atoms with E-state index in [-0.39, 0.29) is 46.5 Å². The van der Waals surface area contributed by atoms with Crippen LogP contribution in [0.3, 0.4) is 0 Å². The average Bonchev–Trinajstić information content (AvgIpc) is 2.82. The molecule has 2 aromatic carbocycles. The Balaban J connectivity index is 1.41. The number of β-lactam (4-membered cyclic amide) rings is 1. The monoisotopic (exact) mass is 501 g/mol. The number of fused-ring (bicyclic) bond motifs is 1. The van der Waals surface area contributed by atoms with Gasteiger partial charge in [0.1, 0.15) is 11.5 Å². The summed E-state index contributed by atoms with van der Waals surface area (Å²) in [7, 11) is 0. The molecule has 170 valence electrons. The van der Waals surface area contributed by atoms with Gasteiger partial charge in [-0.2, -0.15) is 0 Å². The second-order valence-corrected chi connectivity index (χ2v) is 10.3. The lowest BCUT2D eigenvalue weighted by molar-refractivity contribution is -0.153. The number of nitrogens with zero attached hydrogens (tertiary/aromatic N) is 1. The van der Waals surface area contributed by atoms with E-state index in [1.165, 1.54) is 16.7 Å². The van der Waals surface area contributed by atoms with Crippen LogP contribution in [0.2, 0.25) is 5.02 Å². The van der Waals surface area contributed by atoms with Crippen molar-refractivity contribution < 1.29 is 24.3 Å². The molecule has 0 radical (unpaired) electrons. The highest BCUT2D eigenvalue weighted by Crippen LogP contribution is 2.45. The number of rotatable bonds is 8. The summed E-state index contributed by atoms with van der Waals surface area (Å²) in [6, 6.07) is 15.7. The van der Waals surface area contributed by atoms with Gasteiger partial charge in [-0.1, -0.05) is 65.8 Å². The molecule has 0 spiro atoms. The molecule has 2 heterocycles. The molecular weight excluding hydrogens is 482 g/mol. The van der Waals surface area contributed by atoms with E-state index >= 15 is 0 Å². The van der Waals surface area contributed by atoms with Crippen molar-refractivity contribution in [3.63, 3.8) is 0 Å². The average molecular weight is 502 g/mol. The zero-order valence-electron chi connectivity index (χ0n) is 17.4. The van der Waals surface area contributed by atoms with Gasteiger partial charge in [0.25, 0.3) is 0 Å². The van der Waals surface area contributed by atoms with Crippen molar-refractivity contribution in [2.24, 2.45) is 5.92 Å². The minimum Gasteiger partial charge on any atom is -0.477 e. The number of thioether (sulfide) groups is 2.